The number of halogens is 1. The van der Waals surface area contributed by atoms with Crippen molar-refractivity contribution in [2.75, 3.05) is 7.11 Å². The first-order valence-corrected chi connectivity index (χ1v) is 7.34. The Morgan fingerprint density at radius 1 is 1.50 bits per heavy atom. The second-order valence-electron chi connectivity index (χ2n) is 5.26. The highest BCUT2D eigenvalue weighted by molar-refractivity contribution is 6.31. The van der Waals surface area contributed by atoms with Crippen LogP contribution in [0.1, 0.15) is 31.2 Å². The molecule has 1 aliphatic rings. The molecule has 0 radical (unpaired) electrons. The summed E-state index contributed by atoms with van der Waals surface area (Å²) in [5.74, 6) is 0.771. The van der Waals surface area contributed by atoms with Crippen LogP contribution >= 0.6 is 11.6 Å². The molecule has 5 heteroatoms. The monoisotopic (exact) mass is 296 g/mol. The zero-order valence-corrected chi connectivity index (χ0v) is 12.5. The van der Waals surface area contributed by atoms with Gasteiger partial charge in [0.15, 0.2) is 0 Å². The summed E-state index contributed by atoms with van der Waals surface area (Å²) in [7, 11) is 1.59. The van der Waals surface area contributed by atoms with Gasteiger partial charge in [-0.3, -0.25) is 4.79 Å². The SMILES string of the molecule is COc1cccc(Cl)c1CNC(=O)C1CCCC(N)C1. The van der Waals surface area contributed by atoms with Crippen LogP contribution < -0.4 is 15.8 Å². The highest BCUT2D eigenvalue weighted by atomic mass is 35.5. The Morgan fingerprint density at radius 2 is 2.30 bits per heavy atom. The molecule has 0 aromatic heterocycles. The van der Waals surface area contributed by atoms with Crippen molar-refractivity contribution in [3.05, 3.63) is 28.8 Å². The average Bonchev–Trinajstić information content (AvgIpc) is 2.45. The van der Waals surface area contributed by atoms with Crippen LogP contribution in [-0.4, -0.2) is 19.1 Å². The number of hydrogen-bond donors (Lipinski definition) is 2. The van der Waals surface area contributed by atoms with Gasteiger partial charge >= 0.3 is 0 Å². The van der Waals surface area contributed by atoms with E-state index in [0.29, 0.717) is 17.3 Å². The van der Waals surface area contributed by atoms with Crippen LogP contribution in [0.2, 0.25) is 5.02 Å². The lowest BCUT2D eigenvalue weighted by molar-refractivity contribution is -0.126. The minimum atomic E-state index is 0.0206. The van der Waals surface area contributed by atoms with Gasteiger partial charge < -0.3 is 15.8 Å². The fraction of sp³-hybridized carbons (Fsp3) is 0.533. The minimum Gasteiger partial charge on any atom is -0.496 e. The van der Waals surface area contributed by atoms with E-state index >= 15 is 0 Å². The molecule has 4 nitrogen and oxygen atoms in total. The van der Waals surface area contributed by atoms with E-state index in [2.05, 4.69) is 5.32 Å². The number of benzene rings is 1. The number of carbonyl (C=O) groups excluding carboxylic acids is 1. The van der Waals surface area contributed by atoms with E-state index in [4.69, 9.17) is 22.1 Å². The first kappa shape index (κ1) is 15.1. The standard InChI is InChI=1S/C15H21ClN2O2/c1-20-14-7-3-6-13(16)12(14)9-18-15(19)10-4-2-5-11(17)8-10/h3,6-7,10-11H,2,4-5,8-9,17H2,1H3,(H,18,19). The van der Waals surface area contributed by atoms with Crippen LogP contribution in [0.4, 0.5) is 0 Å². The molecule has 2 unspecified atom stereocenters. The summed E-state index contributed by atoms with van der Waals surface area (Å²) in [6.07, 6.45) is 3.72. The summed E-state index contributed by atoms with van der Waals surface area (Å²) in [4.78, 5) is 12.2. The predicted octanol–water partition coefficient (Wildman–Crippen LogP) is 2.48. The van der Waals surface area contributed by atoms with Crippen molar-refractivity contribution in [2.24, 2.45) is 11.7 Å². The van der Waals surface area contributed by atoms with Gasteiger partial charge in [-0.1, -0.05) is 24.1 Å². The number of nitrogens with one attached hydrogen (secondary N) is 1. The van der Waals surface area contributed by atoms with Crippen molar-refractivity contribution in [1.82, 2.24) is 5.32 Å². The molecular formula is C15H21ClN2O2. The Bertz CT molecular complexity index is 479. The van der Waals surface area contributed by atoms with E-state index in [-0.39, 0.29) is 17.9 Å². The quantitative estimate of drug-likeness (QED) is 0.897. The van der Waals surface area contributed by atoms with Crippen molar-refractivity contribution in [2.45, 2.75) is 38.3 Å². The number of amides is 1. The molecule has 1 amide bonds. The van der Waals surface area contributed by atoms with Crippen LogP contribution in [0.25, 0.3) is 0 Å². The molecule has 1 aliphatic carbocycles. The highest BCUT2D eigenvalue weighted by Gasteiger charge is 2.25. The van der Waals surface area contributed by atoms with Crippen molar-refractivity contribution >= 4 is 17.5 Å². The average molecular weight is 297 g/mol. The third-order valence-electron chi connectivity index (χ3n) is 3.82. The van der Waals surface area contributed by atoms with Gasteiger partial charge in [-0.05, 0) is 31.4 Å². The molecule has 0 spiro atoms. The highest BCUT2D eigenvalue weighted by Crippen LogP contribution is 2.27. The third kappa shape index (κ3) is 3.64. The van der Waals surface area contributed by atoms with Gasteiger partial charge in [0.1, 0.15) is 5.75 Å². The number of nitrogens with two attached hydrogens (primary N) is 1. The van der Waals surface area contributed by atoms with Crippen LogP contribution in [0.15, 0.2) is 18.2 Å². The Labute approximate surface area is 124 Å². The molecule has 0 saturated heterocycles. The lowest BCUT2D eigenvalue weighted by Crippen LogP contribution is -2.37. The van der Waals surface area contributed by atoms with Gasteiger partial charge in [0.2, 0.25) is 5.91 Å². The number of methoxy groups -OCH3 is 1. The van der Waals surface area contributed by atoms with Gasteiger partial charge in [0.25, 0.3) is 0 Å². The van der Waals surface area contributed by atoms with E-state index in [1.807, 2.05) is 12.1 Å². The van der Waals surface area contributed by atoms with Crippen LogP contribution in [-0.2, 0) is 11.3 Å². The van der Waals surface area contributed by atoms with E-state index in [1.54, 1.807) is 13.2 Å². The number of ether oxygens (including phenoxy) is 1. The van der Waals surface area contributed by atoms with Crippen molar-refractivity contribution in [3.63, 3.8) is 0 Å². The van der Waals surface area contributed by atoms with Gasteiger partial charge in [0, 0.05) is 29.1 Å². The fourth-order valence-electron chi connectivity index (χ4n) is 2.69. The van der Waals surface area contributed by atoms with Gasteiger partial charge in [-0.25, -0.2) is 0 Å². The topological polar surface area (TPSA) is 64.3 Å². The molecule has 20 heavy (non-hydrogen) atoms. The predicted molar refractivity (Wildman–Crippen MR) is 79.8 cm³/mol. The first-order chi connectivity index (χ1) is 9.61. The Morgan fingerprint density at radius 3 is 3.00 bits per heavy atom. The summed E-state index contributed by atoms with van der Waals surface area (Å²) in [6.45, 7) is 0.382. The molecule has 2 atom stereocenters. The molecule has 0 aliphatic heterocycles. The first-order valence-electron chi connectivity index (χ1n) is 6.96. The van der Waals surface area contributed by atoms with Crippen molar-refractivity contribution in [1.29, 1.82) is 0 Å². The maximum absolute atomic E-state index is 12.2. The van der Waals surface area contributed by atoms with Gasteiger partial charge in [-0.15, -0.1) is 0 Å². The minimum absolute atomic E-state index is 0.0206. The molecule has 1 aromatic rings. The Balaban J connectivity index is 1.96. The summed E-state index contributed by atoms with van der Waals surface area (Å²) in [6, 6.07) is 5.60. The number of hydrogen-bond acceptors (Lipinski definition) is 3. The van der Waals surface area contributed by atoms with E-state index in [0.717, 1.165) is 31.2 Å². The lowest BCUT2D eigenvalue weighted by atomic mass is 9.85. The van der Waals surface area contributed by atoms with Crippen LogP contribution in [0.3, 0.4) is 0 Å². The van der Waals surface area contributed by atoms with Crippen molar-refractivity contribution < 1.29 is 9.53 Å². The molecule has 1 aromatic carbocycles. The van der Waals surface area contributed by atoms with Gasteiger partial charge in [0.05, 0.1) is 7.11 Å². The molecule has 3 N–H and O–H groups in total. The normalized spacial score (nSPS) is 22.4. The molecule has 2 rings (SSSR count). The lowest BCUT2D eigenvalue weighted by Gasteiger charge is -2.25. The molecule has 0 bridgehead atoms. The summed E-state index contributed by atoms with van der Waals surface area (Å²) in [5.41, 5.74) is 6.73. The molecule has 110 valence electrons. The second kappa shape index (κ2) is 6.95. The molecule has 1 fully saturated rings. The third-order valence-corrected chi connectivity index (χ3v) is 4.17. The van der Waals surface area contributed by atoms with Crippen molar-refractivity contribution in [3.8, 4) is 5.75 Å². The Kier molecular flexibility index (Phi) is 5.26. The van der Waals surface area contributed by atoms with E-state index in [1.165, 1.54) is 0 Å². The second-order valence-corrected chi connectivity index (χ2v) is 5.67. The molecule has 0 heterocycles. The number of rotatable bonds is 4. The molecular weight excluding hydrogens is 276 g/mol. The van der Waals surface area contributed by atoms with Gasteiger partial charge in [-0.2, -0.15) is 0 Å². The smallest absolute Gasteiger partial charge is 0.223 e. The summed E-state index contributed by atoms with van der Waals surface area (Å²) >= 11 is 6.15. The fourth-order valence-corrected chi connectivity index (χ4v) is 2.92. The van der Waals surface area contributed by atoms with Crippen LogP contribution in [0, 0.1) is 5.92 Å². The van der Waals surface area contributed by atoms with E-state index < -0.39 is 0 Å². The summed E-state index contributed by atoms with van der Waals surface area (Å²) < 4.78 is 5.27. The maximum Gasteiger partial charge on any atom is 0.223 e. The maximum atomic E-state index is 12.2. The summed E-state index contributed by atoms with van der Waals surface area (Å²) in [5, 5.41) is 3.55. The van der Waals surface area contributed by atoms with Crippen LogP contribution in [0.5, 0.6) is 5.75 Å². The van der Waals surface area contributed by atoms with E-state index in [9.17, 15) is 4.79 Å². The zero-order valence-electron chi connectivity index (χ0n) is 11.7. The Hall–Kier alpha value is -1.26. The largest absolute Gasteiger partial charge is 0.496 e. The zero-order chi connectivity index (χ0) is 14.5. The number of carbonyl (C=O) groups is 1. The molecule has 1 saturated carbocycles.